The van der Waals surface area contributed by atoms with Gasteiger partial charge in [-0.2, -0.15) is 8.42 Å². The fraction of sp³-hybridized carbons (Fsp3) is 0.538. The van der Waals surface area contributed by atoms with Crippen LogP contribution in [0, 0.1) is 24.7 Å². The summed E-state index contributed by atoms with van der Waals surface area (Å²) in [5.41, 5.74) is 1.03. The second-order valence-corrected chi connectivity index (χ2v) is 6.70. The minimum Gasteiger partial charge on any atom is -0.381 e. The van der Waals surface area contributed by atoms with Crippen LogP contribution in [0.4, 0.5) is 0 Å². The Morgan fingerprint density at radius 2 is 1.83 bits per heavy atom. The fourth-order valence-electron chi connectivity index (χ4n) is 2.55. The maximum absolute atomic E-state index is 11.9. The summed E-state index contributed by atoms with van der Waals surface area (Å²) in [4.78, 5) is 0.232. The third kappa shape index (κ3) is 2.18. The maximum atomic E-state index is 11.9. The summed E-state index contributed by atoms with van der Waals surface area (Å²) in [7, 11) is -3.60. The summed E-state index contributed by atoms with van der Waals surface area (Å²) in [5.74, 6) is 1.38. The first-order chi connectivity index (χ1) is 8.58. The Hall–Kier alpha value is -0.910. The van der Waals surface area contributed by atoms with E-state index in [4.69, 9.17) is 8.92 Å². The van der Waals surface area contributed by atoms with Crippen LogP contribution in [0.25, 0.3) is 0 Å². The summed E-state index contributed by atoms with van der Waals surface area (Å²) >= 11 is 0. The van der Waals surface area contributed by atoms with E-state index in [1.54, 1.807) is 24.3 Å². The minimum atomic E-state index is -3.60. The molecule has 1 saturated heterocycles. The first-order valence-electron chi connectivity index (χ1n) is 6.12. The largest absolute Gasteiger partial charge is 0.381 e. The number of rotatable bonds is 4. The molecule has 0 bridgehead atoms. The standard InChI is InChI=1S/C13H16O4S/c1-9-2-4-10(5-3-9)18(14,15)17-8-13-11-6-16-7-12(11)13/h2-5,11-13H,6-8H2,1H3. The molecule has 2 aliphatic rings. The van der Waals surface area contributed by atoms with Crippen LogP contribution in [0.1, 0.15) is 5.56 Å². The number of ether oxygens (including phenoxy) is 1. The van der Waals surface area contributed by atoms with E-state index >= 15 is 0 Å². The third-order valence-electron chi connectivity index (χ3n) is 3.85. The van der Waals surface area contributed by atoms with Crippen molar-refractivity contribution in [3.8, 4) is 0 Å². The molecule has 2 atom stereocenters. The maximum Gasteiger partial charge on any atom is 0.296 e. The molecule has 2 fully saturated rings. The molecule has 0 amide bonds. The molecule has 0 spiro atoms. The number of hydrogen-bond acceptors (Lipinski definition) is 4. The van der Waals surface area contributed by atoms with Gasteiger partial charge in [0.15, 0.2) is 0 Å². The molecule has 1 heterocycles. The molecule has 18 heavy (non-hydrogen) atoms. The van der Waals surface area contributed by atoms with Crippen molar-refractivity contribution in [1.82, 2.24) is 0 Å². The first kappa shape index (κ1) is 12.1. The molecule has 5 heteroatoms. The summed E-state index contributed by atoms with van der Waals surface area (Å²) in [6.45, 7) is 3.71. The zero-order valence-electron chi connectivity index (χ0n) is 10.2. The average Bonchev–Trinajstić information content (AvgIpc) is 2.78. The molecule has 0 radical (unpaired) electrons. The van der Waals surface area contributed by atoms with Gasteiger partial charge >= 0.3 is 0 Å². The molecule has 0 N–H and O–H groups in total. The van der Waals surface area contributed by atoms with Crippen LogP contribution in [0.5, 0.6) is 0 Å². The highest BCUT2D eigenvalue weighted by Crippen LogP contribution is 2.50. The zero-order chi connectivity index (χ0) is 12.8. The first-order valence-corrected chi connectivity index (χ1v) is 7.52. The summed E-state index contributed by atoms with van der Waals surface area (Å²) in [5, 5.41) is 0. The van der Waals surface area contributed by atoms with Gasteiger partial charge in [0.05, 0.1) is 24.7 Å². The van der Waals surface area contributed by atoms with Gasteiger partial charge in [0, 0.05) is 0 Å². The highest BCUT2D eigenvalue weighted by atomic mass is 32.2. The molecule has 2 unspecified atom stereocenters. The Balaban J connectivity index is 1.63. The van der Waals surface area contributed by atoms with Crippen molar-refractivity contribution in [2.45, 2.75) is 11.8 Å². The average molecular weight is 268 g/mol. The molecule has 1 aliphatic heterocycles. The van der Waals surface area contributed by atoms with E-state index in [9.17, 15) is 8.42 Å². The normalized spacial score (nSPS) is 30.2. The lowest BCUT2D eigenvalue weighted by molar-refractivity contribution is 0.138. The zero-order valence-corrected chi connectivity index (χ0v) is 11.0. The molecule has 1 saturated carbocycles. The van der Waals surface area contributed by atoms with Gasteiger partial charge < -0.3 is 4.74 Å². The Morgan fingerprint density at radius 3 is 2.44 bits per heavy atom. The van der Waals surface area contributed by atoms with Crippen molar-refractivity contribution in [1.29, 1.82) is 0 Å². The van der Waals surface area contributed by atoms with Crippen molar-refractivity contribution in [2.75, 3.05) is 19.8 Å². The fourth-order valence-corrected chi connectivity index (χ4v) is 3.49. The van der Waals surface area contributed by atoms with Gasteiger partial charge in [-0.05, 0) is 36.8 Å². The van der Waals surface area contributed by atoms with Gasteiger partial charge in [-0.15, -0.1) is 0 Å². The highest BCUT2D eigenvalue weighted by molar-refractivity contribution is 7.86. The molecular formula is C13H16O4S. The molecule has 1 aliphatic carbocycles. The Bertz CT molecular complexity index is 525. The lowest BCUT2D eigenvalue weighted by Gasteiger charge is -2.07. The van der Waals surface area contributed by atoms with E-state index in [0.29, 0.717) is 17.8 Å². The predicted octanol–water partition coefficient (Wildman–Crippen LogP) is 1.59. The smallest absolute Gasteiger partial charge is 0.296 e. The SMILES string of the molecule is Cc1ccc(S(=O)(=O)OCC2C3COCC32)cc1. The Labute approximate surface area is 107 Å². The summed E-state index contributed by atoms with van der Waals surface area (Å²) in [6, 6.07) is 6.72. The van der Waals surface area contributed by atoms with Gasteiger partial charge in [-0.3, -0.25) is 4.18 Å². The molecule has 1 aromatic carbocycles. The van der Waals surface area contributed by atoms with Crippen molar-refractivity contribution < 1.29 is 17.3 Å². The van der Waals surface area contributed by atoms with Crippen LogP contribution in [-0.2, 0) is 19.0 Å². The minimum absolute atomic E-state index is 0.232. The van der Waals surface area contributed by atoms with E-state index in [2.05, 4.69) is 0 Å². The van der Waals surface area contributed by atoms with E-state index < -0.39 is 10.1 Å². The van der Waals surface area contributed by atoms with Gasteiger partial charge in [-0.1, -0.05) is 17.7 Å². The lowest BCUT2D eigenvalue weighted by atomic mass is 10.2. The van der Waals surface area contributed by atoms with Crippen LogP contribution in [0.15, 0.2) is 29.2 Å². The number of fused-ring (bicyclic) bond motifs is 1. The van der Waals surface area contributed by atoms with Crippen molar-refractivity contribution in [3.05, 3.63) is 29.8 Å². The van der Waals surface area contributed by atoms with Crippen molar-refractivity contribution in [3.63, 3.8) is 0 Å². The highest BCUT2D eigenvalue weighted by Gasteiger charge is 2.54. The molecule has 1 aromatic rings. The van der Waals surface area contributed by atoms with E-state index in [0.717, 1.165) is 18.8 Å². The molecular weight excluding hydrogens is 252 g/mol. The molecule has 0 aromatic heterocycles. The van der Waals surface area contributed by atoms with E-state index in [1.807, 2.05) is 6.92 Å². The summed E-state index contributed by atoms with van der Waals surface area (Å²) in [6.07, 6.45) is 0. The van der Waals surface area contributed by atoms with Gasteiger partial charge in [-0.25, -0.2) is 0 Å². The third-order valence-corrected chi connectivity index (χ3v) is 5.15. The van der Waals surface area contributed by atoms with Crippen molar-refractivity contribution >= 4 is 10.1 Å². The second-order valence-electron chi connectivity index (χ2n) is 5.08. The van der Waals surface area contributed by atoms with Gasteiger partial charge in [0.2, 0.25) is 0 Å². The molecule has 3 rings (SSSR count). The summed E-state index contributed by atoms with van der Waals surface area (Å²) < 4.78 is 34.3. The Morgan fingerprint density at radius 1 is 1.22 bits per heavy atom. The van der Waals surface area contributed by atoms with Gasteiger partial charge in [0.25, 0.3) is 10.1 Å². The van der Waals surface area contributed by atoms with Crippen LogP contribution < -0.4 is 0 Å². The monoisotopic (exact) mass is 268 g/mol. The topological polar surface area (TPSA) is 52.6 Å². The van der Waals surface area contributed by atoms with E-state index in [1.165, 1.54) is 0 Å². The van der Waals surface area contributed by atoms with Crippen LogP contribution >= 0.6 is 0 Å². The number of aryl methyl sites for hydroxylation is 1. The number of benzene rings is 1. The van der Waals surface area contributed by atoms with Crippen LogP contribution in [0.3, 0.4) is 0 Å². The van der Waals surface area contributed by atoms with Crippen molar-refractivity contribution in [2.24, 2.45) is 17.8 Å². The van der Waals surface area contributed by atoms with Crippen LogP contribution in [0.2, 0.25) is 0 Å². The molecule has 4 nitrogen and oxygen atoms in total. The number of hydrogen-bond donors (Lipinski definition) is 0. The molecule has 98 valence electrons. The lowest BCUT2D eigenvalue weighted by Crippen LogP contribution is -2.12. The van der Waals surface area contributed by atoms with Crippen LogP contribution in [-0.4, -0.2) is 28.2 Å². The van der Waals surface area contributed by atoms with Gasteiger partial charge in [0.1, 0.15) is 0 Å². The predicted molar refractivity (Wildman–Crippen MR) is 65.6 cm³/mol. The quantitative estimate of drug-likeness (QED) is 0.778. The van der Waals surface area contributed by atoms with E-state index in [-0.39, 0.29) is 11.5 Å². The second kappa shape index (κ2) is 4.33. The Kier molecular flexibility index (Phi) is 2.92.